The molecule has 0 saturated heterocycles. The molecule has 1 rings (SSSR count). The molecule has 0 fully saturated rings. The Balaban J connectivity index is 2.77. The fourth-order valence-corrected chi connectivity index (χ4v) is 3.00. The van der Waals surface area contributed by atoms with Gasteiger partial charge in [-0.3, -0.25) is 4.79 Å². The van der Waals surface area contributed by atoms with Gasteiger partial charge in [0.05, 0.1) is 4.90 Å². The monoisotopic (exact) mass is 358 g/mol. The quantitative estimate of drug-likeness (QED) is 0.783. The van der Waals surface area contributed by atoms with E-state index in [1.165, 1.54) is 24.3 Å². The summed E-state index contributed by atoms with van der Waals surface area (Å²) in [5.41, 5.74) is 5.03. The van der Waals surface area contributed by atoms with Gasteiger partial charge in [-0.15, -0.1) is 0 Å². The minimum atomic E-state index is -4.38. The Morgan fingerprint density at radius 2 is 1.82 bits per heavy atom. The van der Waals surface area contributed by atoms with Crippen LogP contribution in [-0.4, -0.2) is 26.5 Å². The second kappa shape index (κ2) is 7.30. The molecule has 1 aromatic carbocycles. The van der Waals surface area contributed by atoms with Crippen LogP contribution in [0.3, 0.4) is 0 Å². The zero-order valence-electron chi connectivity index (χ0n) is 11.2. The minimum absolute atomic E-state index is 0.168. The normalized spacial score (nSPS) is 13.8. The third-order valence-corrected chi connectivity index (χ3v) is 4.46. The zero-order valence-corrected chi connectivity index (χ0v) is 12.8. The highest BCUT2D eigenvalue weighted by Crippen LogP contribution is 2.23. The van der Waals surface area contributed by atoms with Gasteiger partial charge in [-0.1, -0.05) is 11.6 Å². The number of benzene rings is 1. The Bertz CT molecular complexity index is 617. The number of halogens is 4. The molecule has 10 heteroatoms. The van der Waals surface area contributed by atoms with Crippen LogP contribution in [0.5, 0.6) is 0 Å². The van der Waals surface area contributed by atoms with E-state index in [0.717, 1.165) is 0 Å². The summed E-state index contributed by atoms with van der Waals surface area (Å²) in [5.74, 6) is -1.04. The Kier molecular flexibility index (Phi) is 6.21. The van der Waals surface area contributed by atoms with Gasteiger partial charge in [0.1, 0.15) is 6.04 Å². The first-order valence-electron chi connectivity index (χ1n) is 6.15. The molecule has 0 aliphatic carbocycles. The first-order valence-corrected chi connectivity index (χ1v) is 8.01. The van der Waals surface area contributed by atoms with Crippen molar-refractivity contribution in [3.63, 3.8) is 0 Å². The molecule has 1 atom stereocenters. The first-order chi connectivity index (χ1) is 10.0. The Labute approximate surface area is 130 Å². The minimum Gasteiger partial charge on any atom is -0.368 e. The molecule has 0 aromatic heterocycles. The van der Waals surface area contributed by atoms with E-state index in [1.807, 2.05) is 4.72 Å². The number of nitrogens with two attached hydrogens (primary N) is 1. The predicted molar refractivity (Wildman–Crippen MR) is 74.7 cm³/mol. The van der Waals surface area contributed by atoms with Gasteiger partial charge >= 0.3 is 6.18 Å². The summed E-state index contributed by atoms with van der Waals surface area (Å²) < 4.78 is 62.3. The lowest BCUT2D eigenvalue weighted by molar-refractivity contribution is -0.136. The van der Waals surface area contributed by atoms with Crippen molar-refractivity contribution < 1.29 is 26.4 Å². The summed E-state index contributed by atoms with van der Waals surface area (Å²) in [6.07, 6.45) is -6.27. The van der Waals surface area contributed by atoms with Crippen molar-refractivity contribution >= 4 is 27.5 Å². The number of rotatable bonds is 7. The molecule has 5 nitrogen and oxygen atoms in total. The molecule has 0 radical (unpaired) electrons. The van der Waals surface area contributed by atoms with Crippen molar-refractivity contribution in [1.29, 1.82) is 0 Å². The lowest BCUT2D eigenvalue weighted by atomic mass is 10.1. The van der Waals surface area contributed by atoms with Gasteiger partial charge < -0.3 is 5.73 Å². The summed E-state index contributed by atoms with van der Waals surface area (Å²) in [4.78, 5) is 11.0. The number of primary amides is 1. The highest BCUT2D eigenvalue weighted by molar-refractivity contribution is 7.89. The van der Waals surface area contributed by atoms with Crippen LogP contribution in [0.2, 0.25) is 5.02 Å². The molecule has 0 aliphatic rings. The Morgan fingerprint density at radius 1 is 1.27 bits per heavy atom. The second-order valence-corrected chi connectivity index (χ2v) is 6.69. The zero-order chi connectivity index (χ0) is 17.0. The maximum atomic E-state index is 12.1. The molecule has 0 unspecified atom stereocenters. The van der Waals surface area contributed by atoms with Gasteiger partial charge in [0.15, 0.2) is 0 Å². The van der Waals surface area contributed by atoms with Crippen molar-refractivity contribution in [3.8, 4) is 0 Å². The molecular formula is C12H14ClF3N2O3S. The molecule has 0 saturated carbocycles. The predicted octanol–water partition coefficient (Wildman–Crippen LogP) is 2.20. The molecule has 0 spiro atoms. The van der Waals surface area contributed by atoms with Gasteiger partial charge in [0.25, 0.3) is 0 Å². The van der Waals surface area contributed by atoms with Crippen molar-refractivity contribution in [3.05, 3.63) is 29.3 Å². The van der Waals surface area contributed by atoms with Crippen LogP contribution >= 0.6 is 11.6 Å². The largest absolute Gasteiger partial charge is 0.389 e. The molecule has 0 bridgehead atoms. The number of hydrogen-bond acceptors (Lipinski definition) is 3. The standard InChI is InChI=1S/C12H14ClF3N2O3S/c13-8-3-5-9(6-4-8)22(20,21)18-10(11(17)19)2-1-7-12(14,15)16/h3-6,10,18H,1-2,7H2,(H2,17,19)/t10-/m1/s1. The van der Waals surface area contributed by atoms with E-state index < -0.39 is 41.0 Å². The maximum absolute atomic E-state index is 12.1. The van der Waals surface area contributed by atoms with Crippen LogP contribution in [0.1, 0.15) is 19.3 Å². The molecule has 22 heavy (non-hydrogen) atoms. The summed E-state index contributed by atoms with van der Waals surface area (Å²) in [5, 5.41) is 0.315. The molecule has 1 amide bonds. The van der Waals surface area contributed by atoms with Crippen molar-refractivity contribution in [2.75, 3.05) is 0 Å². The van der Waals surface area contributed by atoms with Crippen LogP contribution in [0, 0.1) is 0 Å². The first kappa shape index (κ1) is 18.7. The maximum Gasteiger partial charge on any atom is 0.389 e. The van der Waals surface area contributed by atoms with Gasteiger partial charge in [-0.2, -0.15) is 17.9 Å². The lowest BCUT2D eigenvalue weighted by Gasteiger charge is -2.16. The van der Waals surface area contributed by atoms with Crippen LogP contribution in [0.15, 0.2) is 29.2 Å². The topological polar surface area (TPSA) is 89.3 Å². The molecule has 0 aliphatic heterocycles. The van der Waals surface area contributed by atoms with Gasteiger partial charge in [-0.25, -0.2) is 8.42 Å². The fraction of sp³-hybridized carbons (Fsp3) is 0.417. The van der Waals surface area contributed by atoms with E-state index in [0.29, 0.717) is 5.02 Å². The van der Waals surface area contributed by atoms with E-state index in [9.17, 15) is 26.4 Å². The SMILES string of the molecule is NC(=O)[C@@H](CCCC(F)(F)F)NS(=O)(=O)c1ccc(Cl)cc1. The molecule has 0 heterocycles. The van der Waals surface area contributed by atoms with E-state index in [1.54, 1.807) is 0 Å². The lowest BCUT2D eigenvalue weighted by Crippen LogP contribution is -2.44. The highest BCUT2D eigenvalue weighted by atomic mass is 35.5. The number of amides is 1. The summed E-state index contributed by atoms with van der Waals surface area (Å²) in [7, 11) is -4.08. The van der Waals surface area contributed by atoms with E-state index in [2.05, 4.69) is 0 Å². The third kappa shape index (κ3) is 6.20. The third-order valence-electron chi connectivity index (χ3n) is 2.72. The average molecular weight is 359 g/mol. The average Bonchev–Trinajstić information content (AvgIpc) is 2.36. The molecule has 124 valence electrons. The summed E-state index contributed by atoms with van der Waals surface area (Å²) >= 11 is 5.63. The van der Waals surface area contributed by atoms with E-state index >= 15 is 0 Å². The highest BCUT2D eigenvalue weighted by Gasteiger charge is 2.29. The van der Waals surface area contributed by atoms with Crippen molar-refractivity contribution in [1.82, 2.24) is 4.72 Å². The number of carbonyl (C=O) groups is 1. The Hall–Kier alpha value is -1.32. The van der Waals surface area contributed by atoms with Crippen LogP contribution < -0.4 is 10.5 Å². The number of hydrogen-bond donors (Lipinski definition) is 2. The number of sulfonamides is 1. The smallest absolute Gasteiger partial charge is 0.368 e. The number of nitrogens with one attached hydrogen (secondary N) is 1. The van der Waals surface area contributed by atoms with Crippen LogP contribution in [-0.2, 0) is 14.8 Å². The molecule has 1 aromatic rings. The van der Waals surface area contributed by atoms with Crippen molar-refractivity contribution in [2.24, 2.45) is 5.73 Å². The van der Waals surface area contributed by atoms with Gasteiger partial charge in [-0.05, 0) is 37.1 Å². The fourth-order valence-electron chi connectivity index (χ4n) is 1.63. The number of alkyl halides is 3. The van der Waals surface area contributed by atoms with E-state index in [4.69, 9.17) is 17.3 Å². The summed E-state index contributed by atoms with van der Waals surface area (Å²) in [6.45, 7) is 0. The second-order valence-electron chi connectivity index (χ2n) is 4.54. The number of carbonyl (C=O) groups excluding carboxylic acids is 1. The molecular weight excluding hydrogens is 345 g/mol. The van der Waals surface area contributed by atoms with Gasteiger partial charge in [0.2, 0.25) is 15.9 Å². The van der Waals surface area contributed by atoms with Crippen LogP contribution in [0.4, 0.5) is 13.2 Å². The van der Waals surface area contributed by atoms with Crippen LogP contribution in [0.25, 0.3) is 0 Å². The summed E-state index contributed by atoms with van der Waals surface area (Å²) in [6, 6.07) is 3.66. The van der Waals surface area contributed by atoms with Crippen molar-refractivity contribution in [2.45, 2.75) is 36.4 Å². The van der Waals surface area contributed by atoms with E-state index in [-0.39, 0.29) is 11.3 Å². The molecule has 3 N–H and O–H groups in total. The Morgan fingerprint density at radius 3 is 2.27 bits per heavy atom. The van der Waals surface area contributed by atoms with Gasteiger partial charge in [0, 0.05) is 11.4 Å².